The minimum atomic E-state index is -3.47. The molecule has 0 atom stereocenters. The van der Waals surface area contributed by atoms with Gasteiger partial charge in [-0.25, -0.2) is 13.1 Å². The molecule has 2 N–H and O–H groups in total. The molecule has 0 amide bonds. The van der Waals surface area contributed by atoms with Gasteiger partial charge in [0.1, 0.15) is 0 Å². The Hall–Kier alpha value is -1.21. The Balaban J connectivity index is 2.15. The highest BCUT2D eigenvalue weighted by Crippen LogP contribution is 2.25. The molecule has 0 radical (unpaired) electrons. The molecule has 0 spiro atoms. The van der Waals surface area contributed by atoms with Crippen molar-refractivity contribution in [1.82, 2.24) is 10.0 Å². The molecule has 1 aromatic heterocycles. The Bertz CT molecular complexity index is 721. The third kappa shape index (κ3) is 4.14. The maximum absolute atomic E-state index is 12.4. The van der Waals surface area contributed by atoms with Crippen LogP contribution in [-0.4, -0.2) is 15.5 Å². The third-order valence-corrected chi connectivity index (χ3v) is 5.82. The summed E-state index contributed by atoms with van der Waals surface area (Å²) in [7, 11) is -1.62. The van der Waals surface area contributed by atoms with Gasteiger partial charge >= 0.3 is 0 Å². The first-order chi connectivity index (χ1) is 9.92. The fourth-order valence-corrected chi connectivity index (χ4v) is 4.79. The standard InChI is InChI=1S/C15H20N2O2S2/c1-11-5-4-6-13(7-11)9-17-21(18,19)15-8-14(10-16-3)20-12(15)2/h4-8,16-17H,9-10H2,1-3H3. The first kappa shape index (κ1) is 16.2. The SMILES string of the molecule is CNCc1cc(S(=O)(=O)NCc2cccc(C)c2)c(C)s1. The van der Waals surface area contributed by atoms with Gasteiger partial charge in [-0.3, -0.25) is 0 Å². The van der Waals surface area contributed by atoms with E-state index >= 15 is 0 Å². The summed E-state index contributed by atoms with van der Waals surface area (Å²) in [6.45, 7) is 4.82. The number of nitrogens with one attached hydrogen (secondary N) is 2. The summed E-state index contributed by atoms with van der Waals surface area (Å²) < 4.78 is 27.5. The predicted octanol–water partition coefficient (Wildman–Crippen LogP) is 2.56. The average molecular weight is 324 g/mol. The van der Waals surface area contributed by atoms with Crippen LogP contribution in [0, 0.1) is 13.8 Å². The highest BCUT2D eigenvalue weighted by Gasteiger charge is 2.19. The highest BCUT2D eigenvalue weighted by molar-refractivity contribution is 7.89. The fraction of sp³-hybridized carbons (Fsp3) is 0.333. The lowest BCUT2D eigenvalue weighted by Gasteiger charge is -2.07. The summed E-state index contributed by atoms with van der Waals surface area (Å²) in [6.07, 6.45) is 0. The van der Waals surface area contributed by atoms with Crippen molar-refractivity contribution in [3.63, 3.8) is 0 Å². The predicted molar refractivity (Wildman–Crippen MR) is 87.0 cm³/mol. The van der Waals surface area contributed by atoms with Crippen LogP contribution in [0.2, 0.25) is 0 Å². The van der Waals surface area contributed by atoms with E-state index in [-0.39, 0.29) is 0 Å². The number of benzene rings is 1. The second kappa shape index (κ2) is 6.70. The summed E-state index contributed by atoms with van der Waals surface area (Å²) in [5, 5.41) is 3.04. The molecule has 0 fully saturated rings. The average Bonchev–Trinajstić information content (AvgIpc) is 2.79. The lowest BCUT2D eigenvalue weighted by molar-refractivity contribution is 0.581. The van der Waals surface area contributed by atoms with Gasteiger partial charge in [0, 0.05) is 22.8 Å². The van der Waals surface area contributed by atoms with Gasteiger partial charge in [0.15, 0.2) is 0 Å². The monoisotopic (exact) mass is 324 g/mol. The topological polar surface area (TPSA) is 58.2 Å². The van der Waals surface area contributed by atoms with Crippen molar-refractivity contribution in [2.45, 2.75) is 31.8 Å². The van der Waals surface area contributed by atoms with Crippen molar-refractivity contribution in [3.05, 3.63) is 51.2 Å². The van der Waals surface area contributed by atoms with Crippen LogP contribution in [0.1, 0.15) is 20.9 Å². The maximum atomic E-state index is 12.4. The van der Waals surface area contributed by atoms with E-state index in [9.17, 15) is 8.42 Å². The van der Waals surface area contributed by atoms with E-state index in [4.69, 9.17) is 0 Å². The number of rotatable bonds is 6. The van der Waals surface area contributed by atoms with Crippen LogP contribution in [0.4, 0.5) is 0 Å². The van der Waals surface area contributed by atoms with E-state index < -0.39 is 10.0 Å². The number of aryl methyl sites for hydroxylation is 2. The molecule has 0 unspecified atom stereocenters. The molecule has 2 rings (SSSR count). The van der Waals surface area contributed by atoms with Gasteiger partial charge in [0.05, 0.1) is 4.90 Å². The van der Waals surface area contributed by atoms with Gasteiger partial charge in [0.2, 0.25) is 10.0 Å². The zero-order valence-electron chi connectivity index (χ0n) is 12.4. The molecule has 1 heterocycles. The molecule has 21 heavy (non-hydrogen) atoms. The molecule has 2 aromatic rings. The molecule has 0 aliphatic rings. The smallest absolute Gasteiger partial charge is 0.241 e. The first-order valence-electron chi connectivity index (χ1n) is 6.71. The van der Waals surface area contributed by atoms with Crippen molar-refractivity contribution in [3.8, 4) is 0 Å². The highest BCUT2D eigenvalue weighted by atomic mass is 32.2. The molecular weight excluding hydrogens is 304 g/mol. The Kier molecular flexibility index (Phi) is 5.16. The van der Waals surface area contributed by atoms with E-state index in [0.29, 0.717) is 18.0 Å². The molecule has 0 aliphatic heterocycles. The normalized spacial score (nSPS) is 11.8. The van der Waals surface area contributed by atoms with Crippen molar-refractivity contribution in [1.29, 1.82) is 0 Å². The van der Waals surface area contributed by atoms with Gasteiger partial charge in [-0.2, -0.15) is 0 Å². The largest absolute Gasteiger partial charge is 0.315 e. The Morgan fingerprint density at radius 3 is 2.57 bits per heavy atom. The van der Waals surface area contributed by atoms with Crippen LogP contribution in [0.3, 0.4) is 0 Å². The Morgan fingerprint density at radius 2 is 1.90 bits per heavy atom. The van der Waals surface area contributed by atoms with E-state index in [2.05, 4.69) is 10.0 Å². The second-order valence-corrected chi connectivity index (χ2v) is 8.05. The van der Waals surface area contributed by atoms with Gasteiger partial charge < -0.3 is 5.32 Å². The zero-order valence-corrected chi connectivity index (χ0v) is 14.1. The zero-order chi connectivity index (χ0) is 15.5. The summed E-state index contributed by atoms with van der Waals surface area (Å²) in [5.74, 6) is 0. The van der Waals surface area contributed by atoms with Gasteiger partial charge in [-0.1, -0.05) is 29.8 Å². The summed E-state index contributed by atoms with van der Waals surface area (Å²) in [4.78, 5) is 2.22. The number of thiophene rings is 1. The van der Waals surface area contributed by atoms with Crippen LogP contribution >= 0.6 is 11.3 Å². The Morgan fingerprint density at radius 1 is 1.14 bits per heavy atom. The van der Waals surface area contributed by atoms with Crippen molar-refractivity contribution >= 4 is 21.4 Å². The lowest BCUT2D eigenvalue weighted by Crippen LogP contribution is -2.23. The summed E-state index contributed by atoms with van der Waals surface area (Å²) >= 11 is 1.51. The summed E-state index contributed by atoms with van der Waals surface area (Å²) in [5.41, 5.74) is 2.08. The maximum Gasteiger partial charge on any atom is 0.241 e. The summed E-state index contributed by atoms with van der Waals surface area (Å²) in [6, 6.07) is 9.57. The quantitative estimate of drug-likeness (QED) is 0.858. The number of hydrogen-bond donors (Lipinski definition) is 2. The molecule has 114 valence electrons. The minimum absolute atomic E-state index is 0.306. The van der Waals surface area contributed by atoms with E-state index in [1.165, 1.54) is 11.3 Å². The molecule has 4 nitrogen and oxygen atoms in total. The van der Waals surface area contributed by atoms with E-state index in [1.807, 2.05) is 45.2 Å². The molecule has 0 saturated heterocycles. The Labute approximate surface area is 130 Å². The molecule has 1 aromatic carbocycles. The molecule has 0 saturated carbocycles. The van der Waals surface area contributed by atoms with Gasteiger partial charge in [-0.15, -0.1) is 11.3 Å². The van der Waals surface area contributed by atoms with E-state index in [0.717, 1.165) is 20.9 Å². The molecule has 0 bridgehead atoms. The third-order valence-electron chi connectivity index (χ3n) is 3.11. The first-order valence-corrected chi connectivity index (χ1v) is 9.01. The number of sulfonamides is 1. The van der Waals surface area contributed by atoms with Crippen LogP contribution in [0.5, 0.6) is 0 Å². The van der Waals surface area contributed by atoms with Gasteiger partial charge in [-0.05, 0) is 32.5 Å². The number of hydrogen-bond acceptors (Lipinski definition) is 4. The van der Waals surface area contributed by atoms with Crippen LogP contribution in [-0.2, 0) is 23.1 Å². The second-order valence-electron chi connectivity index (χ2n) is 4.98. The lowest BCUT2D eigenvalue weighted by atomic mass is 10.1. The van der Waals surface area contributed by atoms with E-state index in [1.54, 1.807) is 6.07 Å². The van der Waals surface area contributed by atoms with Crippen LogP contribution in [0.25, 0.3) is 0 Å². The van der Waals surface area contributed by atoms with Crippen LogP contribution < -0.4 is 10.0 Å². The van der Waals surface area contributed by atoms with Crippen molar-refractivity contribution in [2.75, 3.05) is 7.05 Å². The van der Waals surface area contributed by atoms with Gasteiger partial charge in [0.25, 0.3) is 0 Å². The molecule has 6 heteroatoms. The van der Waals surface area contributed by atoms with Crippen molar-refractivity contribution in [2.24, 2.45) is 0 Å². The molecular formula is C15H20N2O2S2. The minimum Gasteiger partial charge on any atom is -0.315 e. The molecule has 0 aliphatic carbocycles. The fourth-order valence-electron chi connectivity index (χ4n) is 2.13. The van der Waals surface area contributed by atoms with Crippen LogP contribution in [0.15, 0.2) is 35.2 Å². The van der Waals surface area contributed by atoms with Crippen molar-refractivity contribution < 1.29 is 8.42 Å².